The summed E-state index contributed by atoms with van der Waals surface area (Å²) in [5.74, 6) is 0. The second-order valence-corrected chi connectivity index (χ2v) is 18.4. The number of hydrogen-bond donors (Lipinski definition) is 0. The van der Waals surface area contributed by atoms with Crippen molar-refractivity contribution in [2.45, 2.75) is 41.5 Å². The average molecular weight is 836 g/mol. The van der Waals surface area contributed by atoms with Gasteiger partial charge in [0.25, 0.3) is 0 Å². The number of anilines is 6. The van der Waals surface area contributed by atoms with Crippen molar-refractivity contribution >= 4 is 93.8 Å². The largest absolute Gasteiger partial charge is 0.310 e. The summed E-state index contributed by atoms with van der Waals surface area (Å²) in [6.45, 7) is 13.2. The van der Waals surface area contributed by atoms with Crippen molar-refractivity contribution in [3.63, 3.8) is 0 Å². The van der Waals surface area contributed by atoms with Gasteiger partial charge < -0.3 is 14.2 Å². The molecule has 2 heterocycles. The number of aryl methyl sites for hydroxylation is 6. The molecule has 312 valence electrons. The quantitative estimate of drug-likeness (QED) is 0.158. The third-order valence-corrected chi connectivity index (χ3v) is 13.5. The van der Waals surface area contributed by atoms with Crippen LogP contribution in [0.3, 0.4) is 0 Å². The Balaban J connectivity index is 1.12. The third kappa shape index (κ3) is 6.41. The Kier molecular flexibility index (Phi) is 8.86. The van der Waals surface area contributed by atoms with Crippen molar-refractivity contribution in [1.29, 1.82) is 0 Å². The minimum atomic E-state index is 1.14. The molecule has 0 aliphatic carbocycles. The molecule has 3 nitrogen and oxygen atoms in total. The van der Waals surface area contributed by atoms with Crippen LogP contribution in [0.2, 0.25) is 0 Å². The minimum absolute atomic E-state index is 1.14. The lowest BCUT2D eigenvalue weighted by Crippen LogP contribution is -2.11. The van der Waals surface area contributed by atoms with E-state index in [1.807, 2.05) is 0 Å². The molecule has 0 bridgehead atoms. The third-order valence-electron chi connectivity index (χ3n) is 13.5. The minimum Gasteiger partial charge on any atom is -0.310 e. The van der Waals surface area contributed by atoms with Crippen molar-refractivity contribution in [3.05, 3.63) is 221 Å². The van der Waals surface area contributed by atoms with Crippen LogP contribution in [-0.2, 0) is 0 Å². The van der Waals surface area contributed by atoms with E-state index in [1.54, 1.807) is 0 Å². The molecule has 0 amide bonds. The Morgan fingerprint density at radius 1 is 0.308 bits per heavy atom. The molecule has 0 aliphatic heterocycles. The average Bonchev–Trinajstić information content (AvgIpc) is 3.79. The molecule has 2 aromatic heterocycles. The first-order valence-electron chi connectivity index (χ1n) is 22.7. The Hall–Kier alpha value is -7.88. The predicted octanol–water partition coefficient (Wildman–Crippen LogP) is 17.6. The van der Waals surface area contributed by atoms with E-state index in [9.17, 15) is 0 Å². The van der Waals surface area contributed by atoms with Crippen molar-refractivity contribution in [1.82, 2.24) is 4.40 Å². The smallest absolute Gasteiger partial charge is 0.0620 e. The van der Waals surface area contributed by atoms with Gasteiger partial charge in [-0.15, -0.1) is 0 Å². The van der Waals surface area contributed by atoms with Gasteiger partial charge in [-0.25, -0.2) is 0 Å². The first-order valence-corrected chi connectivity index (χ1v) is 22.7. The predicted molar refractivity (Wildman–Crippen MR) is 279 cm³/mol. The lowest BCUT2D eigenvalue weighted by atomic mass is 9.97. The van der Waals surface area contributed by atoms with Crippen LogP contribution in [0.25, 0.3) is 70.8 Å². The molecule has 12 rings (SSSR count). The molecule has 10 aromatic carbocycles. The fraction of sp³-hybridized carbons (Fsp3) is 0.0968. The molecule has 0 fully saturated rings. The highest BCUT2D eigenvalue weighted by Gasteiger charge is 2.23. The highest BCUT2D eigenvalue weighted by molar-refractivity contribution is 6.27. The standard InChI is InChI=1S/C62H49N3/c1-38-24-39(2)27-52(26-38)63(58-18-12-10-14-42(58)5)50-22-20-45-32-54-56-34-49(44-16-8-7-9-17-44)35-57-55-33-46-21-23-51(31-48(46)37-61(55)65(62(56)57)60(54)36-47(45)30-50)64(59-19-13-11-15-43(59)6)53-28-40(3)25-41(4)29-53/h7-37H,1-6H3. The van der Waals surface area contributed by atoms with Crippen LogP contribution < -0.4 is 9.80 Å². The fourth-order valence-electron chi connectivity index (χ4n) is 10.7. The number of rotatable bonds is 7. The van der Waals surface area contributed by atoms with Crippen LogP contribution in [0.15, 0.2) is 188 Å². The molecule has 0 atom stereocenters. The molecule has 0 spiro atoms. The highest BCUT2D eigenvalue weighted by Crippen LogP contribution is 2.46. The summed E-state index contributed by atoms with van der Waals surface area (Å²) < 4.78 is 2.55. The zero-order chi connectivity index (χ0) is 44.1. The van der Waals surface area contributed by atoms with Crippen LogP contribution in [0.5, 0.6) is 0 Å². The van der Waals surface area contributed by atoms with Gasteiger partial charge in [-0.1, -0.05) is 91.0 Å². The number of para-hydroxylation sites is 2. The summed E-state index contributed by atoms with van der Waals surface area (Å²) in [5.41, 5.74) is 20.6. The molecular weight excluding hydrogens is 787 g/mol. The van der Waals surface area contributed by atoms with Crippen molar-refractivity contribution in [2.75, 3.05) is 9.80 Å². The molecule has 3 heteroatoms. The number of fused-ring (bicyclic) bond motifs is 8. The maximum Gasteiger partial charge on any atom is 0.0620 e. The van der Waals surface area contributed by atoms with E-state index in [4.69, 9.17) is 0 Å². The summed E-state index contributed by atoms with van der Waals surface area (Å²) in [6.07, 6.45) is 0. The maximum atomic E-state index is 2.55. The summed E-state index contributed by atoms with van der Waals surface area (Å²) in [4.78, 5) is 4.85. The van der Waals surface area contributed by atoms with Gasteiger partial charge >= 0.3 is 0 Å². The van der Waals surface area contributed by atoms with Gasteiger partial charge in [0.1, 0.15) is 0 Å². The fourth-order valence-corrected chi connectivity index (χ4v) is 10.7. The summed E-state index contributed by atoms with van der Waals surface area (Å²) in [6, 6.07) is 70.5. The van der Waals surface area contributed by atoms with E-state index in [0.29, 0.717) is 0 Å². The van der Waals surface area contributed by atoms with Crippen LogP contribution in [0.1, 0.15) is 33.4 Å². The summed E-state index contributed by atoms with van der Waals surface area (Å²) in [5, 5.41) is 9.96. The van der Waals surface area contributed by atoms with E-state index in [1.165, 1.54) is 127 Å². The second-order valence-electron chi connectivity index (χ2n) is 18.4. The van der Waals surface area contributed by atoms with Crippen LogP contribution >= 0.6 is 0 Å². The van der Waals surface area contributed by atoms with Gasteiger partial charge in [0, 0.05) is 55.7 Å². The number of hydrogen-bond acceptors (Lipinski definition) is 2. The molecule has 0 radical (unpaired) electrons. The van der Waals surface area contributed by atoms with Crippen molar-refractivity contribution in [3.8, 4) is 11.1 Å². The molecule has 0 saturated heterocycles. The second kappa shape index (κ2) is 14.9. The summed E-state index contributed by atoms with van der Waals surface area (Å²) in [7, 11) is 0. The zero-order valence-corrected chi connectivity index (χ0v) is 37.7. The van der Waals surface area contributed by atoms with Crippen molar-refractivity contribution in [2.24, 2.45) is 0 Å². The molecule has 65 heavy (non-hydrogen) atoms. The normalized spacial score (nSPS) is 11.8. The van der Waals surface area contributed by atoms with Gasteiger partial charge in [0.2, 0.25) is 0 Å². The van der Waals surface area contributed by atoms with Gasteiger partial charge in [-0.2, -0.15) is 0 Å². The van der Waals surface area contributed by atoms with Crippen LogP contribution in [0.4, 0.5) is 34.1 Å². The Morgan fingerprint density at radius 3 is 1.18 bits per heavy atom. The highest BCUT2D eigenvalue weighted by atomic mass is 15.1. The Morgan fingerprint density at radius 2 is 0.738 bits per heavy atom. The van der Waals surface area contributed by atoms with E-state index >= 15 is 0 Å². The Labute approximate surface area is 380 Å². The number of nitrogens with zero attached hydrogens (tertiary/aromatic N) is 3. The lowest BCUT2D eigenvalue weighted by Gasteiger charge is -2.28. The lowest BCUT2D eigenvalue weighted by molar-refractivity contribution is 1.23. The monoisotopic (exact) mass is 835 g/mol. The van der Waals surface area contributed by atoms with Gasteiger partial charge in [-0.3, -0.25) is 0 Å². The topological polar surface area (TPSA) is 10.9 Å². The maximum absolute atomic E-state index is 2.55. The van der Waals surface area contributed by atoms with Crippen LogP contribution in [0, 0.1) is 41.5 Å². The van der Waals surface area contributed by atoms with Gasteiger partial charge in [0.15, 0.2) is 0 Å². The van der Waals surface area contributed by atoms with E-state index in [0.717, 1.165) is 11.4 Å². The van der Waals surface area contributed by atoms with E-state index < -0.39 is 0 Å². The molecule has 0 aliphatic rings. The van der Waals surface area contributed by atoms with E-state index in [2.05, 4.69) is 244 Å². The molecular formula is C62H49N3. The van der Waals surface area contributed by atoms with Gasteiger partial charge in [0.05, 0.1) is 16.6 Å². The first kappa shape index (κ1) is 38.8. The molecule has 0 saturated carbocycles. The SMILES string of the molecule is Cc1cc(C)cc(N(c2ccc3cc4c5cc(-c6ccccc6)cc6c7cc8ccc(N(c9cc(C)cc(C)c9)c9ccccc9C)cc8cc7n(c4cc3c2)c56)c2ccccc2C)c1. The molecule has 0 unspecified atom stereocenters. The Bertz CT molecular complexity index is 3590. The van der Waals surface area contributed by atoms with Crippen LogP contribution in [-0.4, -0.2) is 4.40 Å². The van der Waals surface area contributed by atoms with E-state index in [-0.39, 0.29) is 0 Å². The van der Waals surface area contributed by atoms with Gasteiger partial charge in [-0.05, 0) is 205 Å². The molecule has 12 aromatic rings. The zero-order valence-electron chi connectivity index (χ0n) is 37.7. The molecule has 0 N–H and O–H groups in total. The summed E-state index contributed by atoms with van der Waals surface area (Å²) >= 11 is 0. The van der Waals surface area contributed by atoms with Crippen molar-refractivity contribution < 1.29 is 0 Å². The number of benzene rings is 10. The first-order chi connectivity index (χ1) is 31.6. The number of aromatic nitrogens is 1.